The fourth-order valence-corrected chi connectivity index (χ4v) is 4.18. The van der Waals surface area contributed by atoms with Crippen LogP contribution in [0.5, 0.6) is 0 Å². The summed E-state index contributed by atoms with van der Waals surface area (Å²) >= 11 is 0. The predicted molar refractivity (Wildman–Crippen MR) is 83.6 cm³/mol. The second-order valence-corrected chi connectivity index (χ2v) is 6.87. The molecular weight excluding hydrogens is 260 g/mol. The lowest BCUT2D eigenvalue weighted by Crippen LogP contribution is -2.39. The largest absolute Gasteiger partial charge is 0.337 e. The third-order valence-electron chi connectivity index (χ3n) is 5.41. The Labute approximate surface area is 126 Å². The lowest BCUT2D eigenvalue weighted by Gasteiger charge is -2.25. The molecular formula is C18H24N2O. The molecule has 0 saturated carbocycles. The van der Waals surface area contributed by atoms with Crippen LogP contribution in [-0.2, 0) is 12.8 Å². The first-order valence-corrected chi connectivity index (χ1v) is 8.47. The van der Waals surface area contributed by atoms with Gasteiger partial charge in [0.15, 0.2) is 0 Å². The lowest BCUT2D eigenvalue weighted by molar-refractivity contribution is 0.0748. The Morgan fingerprint density at radius 3 is 2.76 bits per heavy atom. The minimum Gasteiger partial charge on any atom is -0.337 e. The number of hydrogen-bond donors (Lipinski definition) is 1. The van der Waals surface area contributed by atoms with Gasteiger partial charge in [0.2, 0.25) is 0 Å². The van der Waals surface area contributed by atoms with E-state index in [4.69, 9.17) is 0 Å². The van der Waals surface area contributed by atoms with Crippen LogP contribution in [0.2, 0.25) is 0 Å². The van der Waals surface area contributed by atoms with Crippen LogP contribution in [0.4, 0.5) is 0 Å². The number of carbonyl (C=O) groups is 1. The second kappa shape index (κ2) is 5.45. The van der Waals surface area contributed by atoms with Crippen molar-refractivity contribution >= 4 is 5.91 Å². The summed E-state index contributed by atoms with van der Waals surface area (Å²) in [5, 5.41) is 3.65. The number of nitrogens with one attached hydrogen (secondary N) is 1. The molecule has 1 amide bonds. The molecule has 1 aromatic carbocycles. The van der Waals surface area contributed by atoms with Crippen molar-refractivity contribution in [1.29, 1.82) is 0 Å². The van der Waals surface area contributed by atoms with Crippen LogP contribution >= 0.6 is 0 Å². The molecule has 3 nitrogen and oxygen atoms in total. The zero-order chi connectivity index (χ0) is 14.2. The first kappa shape index (κ1) is 13.3. The van der Waals surface area contributed by atoms with Crippen molar-refractivity contribution in [2.24, 2.45) is 0 Å². The summed E-state index contributed by atoms with van der Waals surface area (Å²) < 4.78 is 0. The quantitative estimate of drug-likeness (QED) is 0.859. The van der Waals surface area contributed by atoms with Crippen LogP contribution in [0.15, 0.2) is 18.2 Å². The number of aryl methyl sites for hydroxylation is 2. The maximum atomic E-state index is 12.8. The van der Waals surface area contributed by atoms with Gasteiger partial charge in [-0.15, -0.1) is 0 Å². The molecule has 2 unspecified atom stereocenters. The fraction of sp³-hybridized carbons (Fsp3) is 0.611. The SMILES string of the molecule is O=C(c1ccc2c(c1)CCCC2)N1CCC2CCC(C1)N2. The molecule has 2 bridgehead atoms. The third-order valence-corrected chi connectivity index (χ3v) is 5.41. The highest BCUT2D eigenvalue weighted by Crippen LogP contribution is 2.25. The molecule has 2 heterocycles. The molecule has 2 atom stereocenters. The molecule has 3 aliphatic rings. The van der Waals surface area contributed by atoms with Crippen molar-refractivity contribution in [2.45, 2.75) is 57.0 Å². The molecule has 1 aromatic rings. The lowest BCUT2D eigenvalue weighted by atomic mass is 9.90. The number of hydrogen-bond acceptors (Lipinski definition) is 2. The molecule has 3 heteroatoms. The first-order chi connectivity index (χ1) is 10.3. The van der Waals surface area contributed by atoms with E-state index in [9.17, 15) is 4.79 Å². The average Bonchev–Trinajstić information content (AvgIpc) is 2.85. The van der Waals surface area contributed by atoms with Gasteiger partial charge in [-0.05, 0) is 68.2 Å². The molecule has 1 aliphatic carbocycles. The van der Waals surface area contributed by atoms with E-state index < -0.39 is 0 Å². The second-order valence-electron chi connectivity index (χ2n) is 6.87. The minimum absolute atomic E-state index is 0.234. The first-order valence-electron chi connectivity index (χ1n) is 8.47. The van der Waals surface area contributed by atoms with Gasteiger partial charge in [0.05, 0.1) is 0 Å². The van der Waals surface area contributed by atoms with Gasteiger partial charge in [-0.25, -0.2) is 0 Å². The molecule has 2 fully saturated rings. The number of nitrogens with zero attached hydrogens (tertiary/aromatic N) is 1. The topological polar surface area (TPSA) is 32.3 Å². The van der Waals surface area contributed by atoms with Crippen LogP contribution in [0.3, 0.4) is 0 Å². The number of likely N-dealkylation sites (tertiary alicyclic amines) is 1. The zero-order valence-corrected chi connectivity index (χ0v) is 12.6. The molecule has 112 valence electrons. The van der Waals surface area contributed by atoms with Gasteiger partial charge in [0.25, 0.3) is 5.91 Å². The zero-order valence-electron chi connectivity index (χ0n) is 12.6. The van der Waals surface area contributed by atoms with Crippen LogP contribution in [0, 0.1) is 0 Å². The average molecular weight is 284 g/mol. The van der Waals surface area contributed by atoms with E-state index in [-0.39, 0.29) is 5.91 Å². The maximum absolute atomic E-state index is 12.8. The Hall–Kier alpha value is -1.35. The van der Waals surface area contributed by atoms with Gasteiger partial charge in [-0.3, -0.25) is 4.79 Å². The van der Waals surface area contributed by atoms with Gasteiger partial charge in [-0.1, -0.05) is 6.07 Å². The van der Waals surface area contributed by atoms with E-state index >= 15 is 0 Å². The van der Waals surface area contributed by atoms with Crippen molar-refractivity contribution < 1.29 is 4.79 Å². The van der Waals surface area contributed by atoms with Crippen LogP contribution < -0.4 is 5.32 Å². The van der Waals surface area contributed by atoms with Crippen LogP contribution in [0.1, 0.15) is 53.6 Å². The van der Waals surface area contributed by atoms with E-state index in [1.807, 2.05) is 6.07 Å². The summed E-state index contributed by atoms with van der Waals surface area (Å²) in [4.78, 5) is 14.9. The van der Waals surface area contributed by atoms with Gasteiger partial charge >= 0.3 is 0 Å². The van der Waals surface area contributed by atoms with Crippen molar-refractivity contribution in [3.63, 3.8) is 0 Å². The highest BCUT2D eigenvalue weighted by molar-refractivity contribution is 5.94. The van der Waals surface area contributed by atoms with E-state index in [0.717, 1.165) is 31.5 Å². The summed E-state index contributed by atoms with van der Waals surface area (Å²) in [7, 11) is 0. The maximum Gasteiger partial charge on any atom is 0.253 e. The number of amides is 1. The summed E-state index contributed by atoms with van der Waals surface area (Å²) in [6.07, 6.45) is 8.49. The molecule has 21 heavy (non-hydrogen) atoms. The molecule has 1 N–H and O–H groups in total. The Kier molecular flexibility index (Phi) is 3.46. The Morgan fingerprint density at radius 2 is 1.86 bits per heavy atom. The predicted octanol–water partition coefficient (Wildman–Crippen LogP) is 2.53. The van der Waals surface area contributed by atoms with E-state index in [1.165, 1.54) is 43.2 Å². The minimum atomic E-state index is 0.234. The van der Waals surface area contributed by atoms with E-state index in [0.29, 0.717) is 12.1 Å². The number of carbonyl (C=O) groups excluding carboxylic acids is 1. The van der Waals surface area contributed by atoms with Gasteiger partial charge in [0.1, 0.15) is 0 Å². The molecule has 0 radical (unpaired) electrons. The monoisotopic (exact) mass is 284 g/mol. The van der Waals surface area contributed by atoms with E-state index in [1.54, 1.807) is 0 Å². The molecule has 2 saturated heterocycles. The smallest absolute Gasteiger partial charge is 0.253 e. The molecule has 0 spiro atoms. The molecule has 4 rings (SSSR count). The summed E-state index contributed by atoms with van der Waals surface area (Å²) in [5.74, 6) is 0.234. The molecule has 0 aromatic heterocycles. The number of benzene rings is 1. The van der Waals surface area contributed by atoms with Gasteiger partial charge in [-0.2, -0.15) is 0 Å². The van der Waals surface area contributed by atoms with E-state index in [2.05, 4.69) is 22.3 Å². The van der Waals surface area contributed by atoms with Crippen molar-refractivity contribution in [2.75, 3.05) is 13.1 Å². The number of rotatable bonds is 1. The van der Waals surface area contributed by atoms with Crippen LogP contribution in [0.25, 0.3) is 0 Å². The Balaban J connectivity index is 1.54. The van der Waals surface area contributed by atoms with Gasteiger partial charge < -0.3 is 10.2 Å². The number of fused-ring (bicyclic) bond motifs is 3. The Morgan fingerprint density at radius 1 is 1.05 bits per heavy atom. The highest BCUT2D eigenvalue weighted by atomic mass is 16.2. The van der Waals surface area contributed by atoms with Crippen molar-refractivity contribution in [1.82, 2.24) is 10.2 Å². The third kappa shape index (κ3) is 2.59. The van der Waals surface area contributed by atoms with Crippen molar-refractivity contribution in [3.8, 4) is 0 Å². The highest BCUT2D eigenvalue weighted by Gasteiger charge is 2.31. The van der Waals surface area contributed by atoms with Gasteiger partial charge in [0, 0.05) is 30.7 Å². The van der Waals surface area contributed by atoms with Crippen LogP contribution in [-0.4, -0.2) is 36.0 Å². The summed E-state index contributed by atoms with van der Waals surface area (Å²) in [5.41, 5.74) is 3.75. The molecule has 2 aliphatic heterocycles. The fourth-order valence-electron chi connectivity index (χ4n) is 4.18. The normalized spacial score (nSPS) is 28.1. The summed E-state index contributed by atoms with van der Waals surface area (Å²) in [6.45, 7) is 1.79. The Bertz CT molecular complexity index is 554. The van der Waals surface area contributed by atoms with Crippen molar-refractivity contribution in [3.05, 3.63) is 34.9 Å². The standard InChI is InChI=1S/C18H24N2O/c21-18(20-10-9-16-7-8-17(12-20)19-16)15-6-5-13-3-1-2-4-14(13)11-15/h5-6,11,16-17,19H,1-4,7-10,12H2. The summed E-state index contributed by atoms with van der Waals surface area (Å²) in [6, 6.07) is 7.54.